The van der Waals surface area contributed by atoms with Gasteiger partial charge in [0.05, 0.1) is 18.6 Å². The Labute approximate surface area is 196 Å². The third kappa shape index (κ3) is 5.48. The highest BCUT2D eigenvalue weighted by Gasteiger charge is 2.17. The molecule has 0 saturated carbocycles. The van der Waals surface area contributed by atoms with E-state index in [1.165, 1.54) is 11.8 Å². The van der Waals surface area contributed by atoms with Gasteiger partial charge in [-0.15, -0.1) is 10.2 Å². The van der Waals surface area contributed by atoms with Gasteiger partial charge in [-0.25, -0.2) is 5.43 Å². The number of hydrogen-bond acceptors (Lipinski definition) is 6. The van der Waals surface area contributed by atoms with E-state index in [0.29, 0.717) is 10.9 Å². The van der Waals surface area contributed by atoms with Gasteiger partial charge in [0.1, 0.15) is 5.75 Å². The minimum Gasteiger partial charge on any atom is -0.497 e. The summed E-state index contributed by atoms with van der Waals surface area (Å²) in [4.78, 5) is 12.5. The highest BCUT2D eigenvalue weighted by Crippen LogP contribution is 2.27. The molecule has 1 N–H and O–H groups in total. The number of ether oxygens (including phenoxy) is 1. The molecule has 8 heteroatoms. The number of thioether (sulfide) groups is 1. The maximum absolute atomic E-state index is 12.5. The second kappa shape index (κ2) is 10.6. The quantitative estimate of drug-likeness (QED) is 0.238. The van der Waals surface area contributed by atoms with Gasteiger partial charge >= 0.3 is 0 Å². The lowest BCUT2D eigenvalue weighted by Gasteiger charge is -2.10. The molecule has 1 heterocycles. The minimum absolute atomic E-state index is 0.152. The van der Waals surface area contributed by atoms with Gasteiger partial charge in [-0.1, -0.05) is 60.3 Å². The molecule has 0 aliphatic carbocycles. The third-order valence-corrected chi connectivity index (χ3v) is 5.80. The van der Waals surface area contributed by atoms with Crippen LogP contribution in [-0.2, 0) is 4.79 Å². The van der Waals surface area contributed by atoms with Crippen molar-refractivity contribution in [1.29, 1.82) is 0 Å². The van der Waals surface area contributed by atoms with Crippen LogP contribution in [0, 0.1) is 0 Å². The number of carbonyl (C=O) groups excluding carboxylic acids is 1. The van der Waals surface area contributed by atoms with Crippen LogP contribution in [0.1, 0.15) is 12.5 Å². The van der Waals surface area contributed by atoms with Gasteiger partial charge in [-0.05, 0) is 48.9 Å². The third-order valence-electron chi connectivity index (χ3n) is 4.87. The van der Waals surface area contributed by atoms with Crippen LogP contribution in [-0.4, -0.2) is 39.2 Å². The van der Waals surface area contributed by atoms with Crippen LogP contribution in [0.15, 0.2) is 95.2 Å². The van der Waals surface area contributed by atoms with Gasteiger partial charge < -0.3 is 4.74 Å². The van der Waals surface area contributed by atoms with Crippen molar-refractivity contribution in [2.24, 2.45) is 5.10 Å². The monoisotopic (exact) mass is 457 g/mol. The number of hydrazone groups is 1. The summed E-state index contributed by atoms with van der Waals surface area (Å²) < 4.78 is 7.12. The highest BCUT2D eigenvalue weighted by molar-refractivity contribution is 7.99. The molecule has 0 aliphatic heterocycles. The van der Waals surface area contributed by atoms with Gasteiger partial charge in [-0.3, -0.25) is 9.36 Å². The standard InChI is InChI=1S/C25H23N5O2S/c1-18(19-13-15-22(32-2)16-14-19)26-27-23(31)17-33-25-29-28-24(20-9-5-3-6-10-20)30(25)21-11-7-4-8-12-21/h3-16H,17H2,1-2H3,(H,27,31)/b26-18-. The number of para-hydroxylation sites is 1. The first kappa shape index (κ1) is 22.3. The zero-order valence-corrected chi connectivity index (χ0v) is 19.1. The number of nitrogens with zero attached hydrogens (tertiary/aromatic N) is 4. The second-order valence-electron chi connectivity index (χ2n) is 7.09. The fourth-order valence-corrected chi connectivity index (χ4v) is 3.90. The normalized spacial score (nSPS) is 11.3. The Morgan fingerprint density at radius 1 is 0.970 bits per heavy atom. The summed E-state index contributed by atoms with van der Waals surface area (Å²) in [5, 5.41) is 13.6. The maximum atomic E-state index is 12.5. The van der Waals surface area contributed by atoms with Gasteiger partial charge in [0.2, 0.25) is 0 Å². The van der Waals surface area contributed by atoms with Gasteiger partial charge in [0.25, 0.3) is 5.91 Å². The van der Waals surface area contributed by atoms with Crippen molar-refractivity contribution >= 4 is 23.4 Å². The van der Waals surface area contributed by atoms with Crippen molar-refractivity contribution in [3.63, 3.8) is 0 Å². The number of methoxy groups -OCH3 is 1. The number of aromatic nitrogens is 3. The van der Waals surface area contributed by atoms with Crippen LogP contribution in [0.3, 0.4) is 0 Å². The molecular weight excluding hydrogens is 434 g/mol. The van der Waals surface area contributed by atoms with E-state index >= 15 is 0 Å². The van der Waals surface area contributed by atoms with Crippen LogP contribution < -0.4 is 10.2 Å². The summed E-state index contributed by atoms with van der Waals surface area (Å²) in [5.41, 5.74) is 6.10. The number of amides is 1. The molecule has 0 saturated heterocycles. The van der Waals surface area contributed by atoms with Gasteiger partial charge in [0.15, 0.2) is 11.0 Å². The fourth-order valence-electron chi connectivity index (χ4n) is 3.15. The molecule has 0 aliphatic rings. The lowest BCUT2D eigenvalue weighted by atomic mass is 10.1. The van der Waals surface area contributed by atoms with Crippen LogP contribution in [0.5, 0.6) is 5.75 Å². The van der Waals surface area contributed by atoms with Crippen LogP contribution in [0.25, 0.3) is 17.1 Å². The molecule has 4 aromatic rings. The Morgan fingerprint density at radius 3 is 2.30 bits per heavy atom. The largest absolute Gasteiger partial charge is 0.497 e. The van der Waals surface area contributed by atoms with Crippen molar-refractivity contribution in [3.8, 4) is 22.8 Å². The van der Waals surface area contributed by atoms with E-state index in [4.69, 9.17) is 4.74 Å². The number of rotatable bonds is 8. The molecule has 1 aromatic heterocycles. The predicted octanol–water partition coefficient (Wildman–Crippen LogP) is 4.58. The lowest BCUT2D eigenvalue weighted by molar-refractivity contribution is -0.118. The molecule has 0 spiro atoms. The summed E-state index contributed by atoms with van der Waals surface area (Å²) in [6.45, 7) is 1.84. The van der Waals surface area contributed by atoms with E-state index < -0.39 is 0 Å². The van der Waals surface area contributed by atoms with Crippen LogP contribution in [0.2, 0.25) is 0 Å². The molecule has 166 valence electrons. The summed E-state index contributed by atoms with van der Waals surface area (Å²) in [6, 6.07) is 27.2. The molecule has 0 bridgehead atoms. The van der Waals surface area contributed by atoms with E-state index in [1.807, 2.05) is 96.4 Å². The predicted molar refractivity (Wildman–Crippen MR) is 131 cm³/mol. The number of carbonyl (C=O) groups is 1. The number of nitrogens with one attached hydrogen (secondary N) is 1. The molecule has 7 nitrogen and oxygen atoms in total. The molecule has 0 atom stereocenters. The molecule has 0 radical (unpaired) electrons. The summed E-state index contributed by atoms with van der Waals surface area (Å²) in [5.74, 6) is 1.42. The second-order valence-corrected chi connectivity index (χ2v) is 8.04. The van der Waals surface area contributed by atoms with E-state index in [9.17, 15) is 4.79 Å². The molecule has 33 heavy (non-hydrogen) atoms. The zero-order chi connectivity index (χ0) is 23.0. The Balaban J connectivity index is 1.48. The SMILES string of the molecule is COc1ccc(/C(C)=N\NC(=O)CSc2nnc(-c3ccccc3)n2-c2ccccc2)cc1. The first-order valence-corrected chi connectivity index (χ1v) is 11.3. The van der Waals surface area contributed by atoms with Crippen molar-refractivity contribution < 1.29 is 9.53 Å². The molecule has 0 fully saturated rings. The molecule has 4 rings (SSSR count). The lowest BCUT2D eigenvalue weighted by Crippen LogP contribution is -2.21. The first-order chi connectivity index (χ1) is 16.2. The maximum Gasteiger partial charge on any atom is 0.250 e. The van der Waals surface area contributed by atoms with E-state index in [-0.39, 0.29) is 11.7 Å². The molecule has 1 amide bonds. The van der Waals surface area contributed by atoms with Crippen molar-refractivity contribution in [2.75, 3.05) is 12.9 Å². The Hall–Kier alpha value is -3.91. The average Bonchev–Trinajstić information content (AvgIpc) is 3.31. The van der Waals surface area contributed by atoms with Gasteiger partial charge in [-0.2, -0.15) is 5.10 Å². The Kier molecular flexibility index (Phi) is 7.16. The van der Waals surface area contributed by atoms with Crippen molar-refractivity contribution in [3.05, 3.63) is 90.5 Å². The van der Waals surface area contributed by atoms with Crippen LogP contribution in [0.4, 0.5) is 0 Å². The Morgan fingerprint density at radius 2 is 1.64 bits per heavy atom. The minimum atomic E-state index is -0.225. The molecular formula is C25H23N5O2S. The summed E-state index contributed by atoms with van der Waals surface area (Å²) in [7, 11) is 1.62. The van der Waals surface area contributed by atoms with Crippen LogP contribution >= 0.6 is 11.8 Å². The topological polar surface area (TPSA) is 81.4 Å². The Bertz CT molecular complexity index is 1240. The van der Waals surface area contributed by atoms with E-state index in [1.54, 1.807) is 7.11 Å². The number of hydrogen-bond donors (Lipinski definition) is 1. The number of benzene rings is 3. The molecule has 3 aromatic carbocycles. The van der Waals surface area contributed by atoms with Gasteiger partial charge in [0, 0.05) is 11.3 Å². The average molecular weight is 458 g/mol. The highest BCUT2D eigenvalue weighted by atomic mass is 32.2. The first-order valence-electron chi connectivity index (χ1n) is 10.3. The van der Waals surface area contributed by atoms with Crippen molar-refractivity contribution in [2.45, 2.75) is 12.1 Å². The zero-order valence-electron chi connectivity index (χ0n) is 18.3. The van der Waals surface area contributed by atoms with Crippen molar-refractivity contribution in [1.82, 2.24) is 20.2 Å². The fraction of sp³-hybridized carbons (Fsp3) is 0.120. The molecule has 0 unspecified atom stereocenters. The van der Waals surface area contributed by atoms with E-state index in [2.05, 4.69) is 20.7 Å². The summed E-state index contributed by atoms with van der Waals surface area (Å²) in [6.07, 6.45) is 0. The van der Waals surface area contributed by atoms with E-state index in [0.717, 1.165) is 28.4 Å². The smallest absolute Gasteiger partial charge is 0.250 e. The summed E-state index contributed by atoms with van der Waals surface area (Å²) >= 11 is 1.31.